The summed E-state index contributed by atoms with van der Waals surface area (Å²) in [5, 5.41) is 21.5. The number of carboxylic acids is 1. The van der Waals surface area contributed by atoms with E-state index in [1.807, 2.05) is 0 Å². The molecule has 0 aromatic rings. The Hall–Kier alpha value is -1.26. The molecular formula is C15H29NO7S2. The molecule has 0 heterocycles. The Morgan fingerprint density at radius 3 is 1.84 bits per heavy atom. The molecule has 0 saturated heterocycles. The van der Waals surface area contributed by atoms with Crippen molar-refractivity contribution >= 4 is 50.6 Å². The van der Waals surface area contributed by atoms with Crippen LogP contribution in [0.4, 0.5) is 0 Å². The first-order valence-corrected chi connectivity index (χ1v) is 7.34. The SMILES string of the molecule is CC(=O)[C@@H](NC(=O)[C@](O)(CC(=O)O)CC(=O)OC(C)C)C(C)C.S.S. The quantitative estimate of drug-likeness (QED) is 0.481. The van der Waals surface area contributed by atoms with Crippen molar-refractivity contribution in [2.24, 2.45) is 5.92 Å². The molecule has 0 aliphatic heterocycles. The molecule has 0 aliphatic rings. The van der Waals surface area contributed by atoms with Gasteiger partial charge >= 0.3 is 11.9 Å². The van der Waals surface area contributed by atoms with E-state index in [1.54, 1.807) is 27.7 Å². The van der Waals surface area contributed by atoms with Crippen LogP contribution >= 0.6 is 27.0 Å². The highest BCUT2D eigenvalue weighted by atomic mass is 32.1. The Bertz CT molecular complexity index is 483. The number of carboxylic acid groups (broad SMARTS) is 1. The number of hydrogen-bond donors (Lipinski definition) is 3. The molecule has 0 aliphatic carbocycles. The number of amides is 1. The lowest BCUT2D eigenvalue weighted by Gasteiger charge is -2.28. The van der Waals surface area contributed by atoms with Crippen LogP contribution in [-0.4, -0.2) is 51.6 Å². The first-order chi connectivity index (χ1) is 10.4. The van der Waals surface area contributed by atoms with Gasteiger partial charge in [-0.25, -0.2) is 0 Å². The fourth-order valence-electron chi connectivity index (χ4n) is 2.03. The van der Waals surface area contributed by atoms with E-state index in [0.29, 0.717) is 0 Å². The van der Waals surface area contributed by atoms with Gasteiger partial charge < -0.3 is 20.3 Å². The van der Waals surface area contributed by atoms with Gasteiger partial charge in [0.25, 0.3) is 5.91 Å². The third-order valence-electron chi connectivity index (χ3n) is 3.06. The molecular weight excluding hydrogens is 370 g/mol. The van der Waals surface area contributed by atoms with E-state index in [1.165, 1.54) is 6.92 Å². The maximum atomic E-state index is 12.3. The minimum Gasteiger partial charge on any atom is -0.481 e. The summed E-state index contributed by atoms with van der Waals surface area (Å²) in [6, 6.07) is -0.885. The predicted octanol–water partition coefficient (Wildman–Crippen LogP) is 0.489. The minimum absolute atomic E-state index is 0. The molecule has 0 bridgehead atoms. The molecule has 0 unspecified atom stereocenters. The zero-order valence-electron chi connectivity index (χ0n) is 15.1. The third-order valence-corrected chi connectivity index (χ3v) is 3.06. The second-order valence-electron chi connectivity index (χ2n) is 6.12. The maximum Gasteiger partial charge on any atom is 0.309 e. The smallest absolute Gasteiger partial charge is 0.309 e. The lowest BCUT2D eigenvalue weighted by atomic mass is 9.92. The van der Waals surface area contributed by atoms with Crippen LogP contribution in [0, 0.1) is 5.92 Å². The summed E-state index contributed by atoms with van der Waals surface area (Å²) in [4.78, 5) is 46.4. The van der Waals surface area contributed by atoms with Crippen LogP contribution in [0.25, 0.3) is 0 Å². The fourth-order valence-corrected chi connectivity index (χ4v) is 2.03. The van der Waals surface area contributed by atoms with Crippen LogP contribution in [0.15, 0.2) is 0 Å². The van der Waals surface area contributed by atoms with Gasteiger partial charge in [-0.1, -0.05) is 13.8 Å². The van der Waals surface area contributed by atoms with Gasteiger partial charge in [-0.3, -0.25) is 19.2 Å². The summed E-state index contributed by atoms with van der Waals surface area (Å²) >= 11 is 0. The lowest BCUT2D eigenvalue weighted by Crippen LogP contribution is -2.55. The number of Topliss-reactive ketones (excluding diaryl/α,β-unsaturated/α-hetero) is 1. The summed E-state index contributed by atoms with van der Waals surface area (Å²) in [6.07, 6.45) is -2.26. The molecule has 2 atom stereocenters. The molecule has 0 fully saturated rings. The Morgan fingerprint density at radius 2 is 1.52 bits per heavy atom. The summed E-state index contributed by atoms with van der Waals surface area (Å²) in [7, 11) is 0. The van der Waals surface area contributed by atoms with Crippen LogP contribution in [0.1, 0.15) is 47.5 Å². The van der Waals surface area contributed by atoms with Gasteiger partial charge in [0.1, 0.15) is 0 Å². The predicted molar refractivity (Wildman–Crippen MR) is 101 cm³/mol. The van der Waals surface area contributed by atoms with Crippen molar-refractivity contribution in [2.45, 2.75) is 65.2 Å². The van der Waals surface area contributed by atoms with Crippen molar-refractivity contribution in [1.82, 2.24) is 5.32 Å². The lowest BCUT2D eigenvalue weighted by molar-refractivity contribution is -0.163. The second-order valence-corrected chi connectivity index (χ2v) is 6.12. The molecule has 8 nitrogen and oxygen atoms in total. The molecule has 0 saturated carbocycles. The molecule has 148 valence electrons. The summed E-state index contributed by atoms with van der Waals surface area (Å²) in [5.41, 5.74) is -2.49. The Labute approximate surface area is 161 Å². The first-order valence-electron chi connectivity index (χ1n) is 7.34. The average Bonchev–Trinajstić information content (AvgIpc) is 2.31. The monoisotopic (exact) mass is 399 g/mol. The number of aliphatic hydroxyl groups is 1. The third kappa shape index (κ3) is 10.4. The molecule has 0 aromatic heterocycles. The van der Waals surface area contributed by atoms with Crippen LogP contribution in [0.3, 0.4) is 0 Å². The molecule has 0 aromatic carbocycles. The van der Waals surface area contributed by atoms with Gasteiger partial charge in [-0.05, 0) is 26.7 Å². The number of hydrogen-bond acceptors (Lipinski definition) is 6. The van der Waals surface area contributed by atoms with Crippen molar-refractivity contribution < 1.29 is 34.1 Å². The van der Waals surface area contributed by atoms with Gasteiger partial charge in [0.05, 0.1) is 25.0 Å². The zero-order valence-corrected chi connectivity index (χ0v) is 17.1. The molecule has 0 radical (unpaired) electrons. The number of carbonyl (C=O) groups excluding carboxylic acids is 3. The van der Waals surface area contributed by atoms with Crippen molar-refractivity contribution in [3.63, 3.8) is 0 Å². The molecule has 1 amide bonds. The van der Waals surface area contributed by atoms with Crippen LogP contribution in [0.5, 0.6) is 0 Å². The number of ketones is 1. The van der Waals surface area contributed by atoms with Crippen molar-refractivity contribution in [3.8, 4) is 0 Å². The summed E-state index contributed by atoms with van der Waals surface area (Å²) in [5.74, 6) is -4.04. The van der Waals surface area contributed by atoms with Crippen molar-refractivity contribution in [2.75, 3.05) is 0 Å². The number of ether oxygens (including phenoxy) is 1. The largest absolute Gasteiger partial charge is 0.481 e. The average molecular weight is 400 g/mol. The van der Waals surface area contributed by atoms with E-state index in [4.69, 9.17) is 9.84 Å². The van der Waals surface area contributed by atoms with E-state index in [9.17, 15) is 24.3 Å². The van der Waals surface area contributed by atoms with E-state index < -0.39 is 48.4 Å². The highest BCUT2D eigenvalue weighted by Gasteiger charge is 2.42. The standard InChI is InChI=1S/C15H25NO7.2H2S/c1-8(2)13(10(5)17)16-14(21)15(22,6-11(18)19)7-12(20)23-9(3)4;;/h8-9,13,22H,6-7H2,1-5H3,(H,16,21)(H,18,19);2*1H2/t13-,15-;;/m0../s1. The van der Waals surface area contributed by atoms with Crippen LogP contribution < -0.4 is 5.32 Å². The van der Waals surface area contributed by atoms with Gasteiger partial charge in [0.2, 0.25) is 0 Å². The topological polar surface area (TPSA) is 130 Å². The van der Waals surface area contributed by atoms with Gasteiger partial charge in [0, 0.05) is 0 Å². The molecule has 3 N–H and O–H groups in total. The Morgan fingerprint density at radius 1 is 1.04 bits per heavy atom. The summed E-state index contributed by atoms with van der Waals surface area (Å²) in [6.45, 7) is 7.82. The Kier molecular flexibility index (Phi) is 13.9. The molecule has 10 heteroatoms. The maximum absolute atomic E-state index is 12.3. The van der Waals surface area contributed by atoms with Gasteiger partial charge in [0.15, 0.2) is 11.4 Å². The van der Waals surface area contributed by atoms with Crippen LogP contribution in [0.2, 0.25) is 0 Å². The highest BCUT2D eigenvalue weighted by Crippen LogP contribution is 2.19. The van der Waals surface area contributed by atoms with Crippen molar-refractivity contribution in [3.05, 3.63) is 0 Å². The first kappa shape index (κ1) is 28.5. The van der Waals surface area contributed by atoms with Crippen LogP contribution in [-0.2, 0) is 23.9 Å². The van der Waals surface area contributed by atoms with Gasteiger partial charge in [-0.2, -0.15) is 27.0 Å². The van der Waals surface area contributed by atoms with Crippen molar-refractivity contribution in [1.29, 1.82) is 0 Å². The number of aliphatic carboxylic acids is 1. The number of nitrogens with one attached hydrogen (secondary N) is 1. The second kappa shape index (κ2) is 12.2. The van der Waals surface area contributed by atoms with Gasteiger partial charge in [-0.15, -0.1) is 0 Å². The fraction of sp³-hybridized carbons (Fsp3) is 0.733. The van der Waals surface area contributed by atoms with E-state index in [0.717, 1.165) is 0 Å². The Balaban J connectivity index is -0.00000242. The minimum atomic E-state index is -2.49. The van der Waals surface area contributed by atoms with E-state index >= 15 is 0 Å². The number of carbonyl (C=O) groups is 4. The molecule has 25 heavy (non-hydrogen) atoms. The number of rotatable bonds is 9. The van der Waals surface area contributed by atoms with E-state index in [-0.39, 0.29) is 38.7 Å². The highest BCUT2D eigenvalue weighted by molar-refractivity contribution is 7.59. The zero-order chi connectivity index (χ0) is 18.4. The molecule has 0 spiro atoms. The normalized spacial score (nSPS) is 13.8. The van der Waals surface area contributed by atoms with E-state index in [2.05, 4.69) is 5.32 Å². The summed E-state index contributed by atoms with van der Waals surface area (Å²) < 4.78 is 4.84. The number of esters is 1. The molecule has 0 rings (SSSR count).